The second kappa shape index (κ2) is 6.90. The van der Waals surface area contributed by atoms with Crippen LogP contribution in [-0.4, -0.2) is 21.9 Å². The van der Waals surface area contributed by atoms with Crippen molar-refractivity contribution in [3.63, 3.8) is 0 Å². The molecule has 3 rings (SSSR count). The fourth-order valence-corrected chi connectivity index (χ4v) is 2.86. The van der Waals surface area contributed by atoms with Crippen molar-refractivity contribution in [1.82, 2.24) is 10.2 Å². The monoisotopic (exact) mass is 357 g/mol. The highest BCUT2D eigenvalue weighted by atomic mass is 35.5. The highest BCUT2D eigenvalue weighted by molar-refractivity contribution is 7.15. The van der Waals surface area contributed by atoms with Crippen LogP contribution in [0.1, 0.15) is 31.3 Å². The number of aryl methyl sites for hydroxylation is 1. The van der Waals surface area contributed by atoms with Crippen molar-refractivity contribution in [3.8, 4) is 0 Å². The van der Waals surface area contributed by atoms with Gasteiger partial charge in [0, 0.05) is 16.1 Å². The van der Waals surface area contributed by atoms with Gasteiger partial charge in [-0.15, -0.1) is 10.2 Å². The minimum absolute atomic E-state index is 0.245. The molecule has 0 saturated carbocycles. The maximum Gasteiger partial charge on any atom is 0.258 e. The van der Waals surface area contributed by atoms with E-state index in [1.54, 1.807) is 55.5 Å². The van der Waals surface area contributed by atoms with Gasteiger partial charge in [-0.05, 0) is 37.3 Å². The van der Waals surface area contributed by atoms with Gasteiger partial charge in [-0.1, -0.05) is 41.1 Å². The van der Waals surface area contributed by atoms with Crippen LogP contribution in [0.3, 0.4) is 0 Å². The standard InChI is InChI=1S/C17H12ClN3O2S/c1-10-20-21-17(24-10)19-16(23)14-5-3-2-4-13(14)15(22)11-6-8-12(18)9-7-11/h2-9H,1H3,(H,19,21,23). The van der Waals surface area contributed by atoms with E-state index in [9.17, 15) is 9.59 Å². The lowest BCUT2D eigenvalue weighted by Gasteiger charge is -2.08. The molecule has 0 fully saturated rings. The van der Waals surface area contributed by atoms with Gasteiger partial charge in [-0.2, -0.15) is 0 Å². The number of carbonyl (C=O) groups excluding carboxylic acids is 2. The van der Waals surface area contributed by atoms with Crippen molar-refractivity contribution in [3.05, 3.63) is 75.3 Å². The van der Waals surface area contributed by atoms with E-state index >= 15 is 0 Å². The first-order valence-corrected chi connectivity index (χ1v) is 8.25. The molecule has 1 heterocycles. The summed E-state index contributed by atoms with van der Waals surface area (Å²) in [6.45, 7) is 1.80. The Morgan fingerprint density at radius 2 is 1.67 bits per heavy atom. The van der Waals surface area contributed by atoms with Crippen molar-refractivity contribution >= 4 is 39.8 Å². The Morgan fingerprint density at radius 3 is 2.29 bits per heavy atom. The number of anilines is 1. The summed E-state index contributed by atoms with van der Waals surface area (Å²) in [5.74, 6) is -0.644. The molecular formula is C17H12ClN3O2S. The molecule has 1 amide bonds. The van der Waals surface area contributed by atoms with Crippen LogP contribution in [0.2, 0.25) is 5.02 Å². The molecule has 2 aromatic carbocycles. The molecule has 5 nitrogen and oxygen atoms in total. The summed E-state index contributed by atoms with van der Waals surface area (Å²) < 4.78 is 0. The number of hydrogen-bond acceptors (Lipinski definition) is 5. The number of hydrogen-bond donors (Lipinski definition) is 1. The van der Waals surface area contributed by atoms with Gasteiger partial charge in [0.05, 0.1) is 5.56 Å². The van der Waals surface area contributed by atoms with Gasteiger partial charge in [0.2, 0.25) is 5.13 Å². The first kappa shape index (κ1) is 16.3. The van der Waals surface area contributed by atoms with Gasteiger partial charge >= 0.3 is 0 Å². The fraction of sp³-hybridized carbons (Fsp3) is 0.0588. The Balaban J connectivity index is 1.91. The van der Waals surface area contributed by atoms with Crippen molar-refractivity contribution in [2.24, 2.45) is 0 Å². The van der Waals surface area contributed by atoms with Gasteiger partial charge in [0.1, 0.15) is 5.01 Å². The number of ketones is 1. The third-order valence-corrected chi connectivity index (χ3v) is 4.28. The molecule has 0 aliphatic heterocycles. The van der Waals surface area contributed by atoms with Crippen molar-refractivity contribution < 1.29 is 9.59 Å². The van der Waals surface area contributed by atoms with Crippen LogP contribution in [0, 0.1) is 6.92 Å². The molecule has 0 bridgehead atoms. The number of benzene rings is 2. The predicted molar refractivity (Wildman–Crippen MR) is 93.9 cm³/mol. The molecule has 0 atom stereocenters. The lowest BCUT2D eigenvalue weighted by Crippen LogP contribution is -2.16. The largest absolute Gasteiger partial charge is 0.296 e. The molecule has 120 valence electrons. The van der Waals surface area contributed by atoms with E-state index in [-0.39, 0.29) is 11.3 Å². The minimum Gasteiger partial charge on any atom is -0.296 e. The lowest BCUT2D eigenvalue weighted by atomic mass is 9.98. The van der Waals surface area contributed by atoms with Gasteiger partial charge in [0.25, 0.3) is 5.91 Å². The van der Waals surface area contributed by atoms with E-state index < -0.39 is 5.91 Å². The second-order valence-corrected chi connectivity index (χ2v) is 6.58. The van der Waals surface area contributed by atoms with Crippen LogP contribution in [0.15, 0.2) is 48.5 Å². The van der Waals surface area contributed by atoms with E-state index in [2.05, 4.69) is 15.5 Å². The van der Waals surface area contributed by atoms with Gasteiger partial charge in [0.15, 0.2) is 5.78 Å². The number of nitrogens with zero attached hydrogens (tertiary/aromatic N) is 2. The molecule has 0 aliphatic rings. The Labute approximate surface area is 147 Å². The Hall–Kier alpha value is -2.57. The van der Waals surface area contributed by atoms with Gasteiger partial charge in [-0.3, -0.25) is 14.9 Å². The molecule has 1 N–H and O–H groups in total. The van der Waals surface area contributed by atoms with Crippen LogP contribution >= 0.6 is 22.9 Å². The highest BCUT2D eigenvalue weighted by Gasteiger charge is 2.19. The number of halogens is 1. The smallest absolute Gasteiger partial charge is 0.258 e. The summed E-state index contributed by atoms with van der Waals surface area (Å²) in [5.41, 5.74) is 1.07. The van der Waals surface area contributed by atoms with Gasteiger partial charge in [-0.25, -0.2) is 0 Å². The number of rotatable bonds is 4. The fourth-order valence-electron chi connectivity index (χ4n) is 2.15. The third kappa shape index (κ3) is 3.50. The number of amides is 1. The molecule has 7 heteroatoms. The van der Waals surface area contributed by atoms with E-state index in [1.807, 2.05) is 0 Å². The van der Waals surface area contributed by atoms with Crippen molar-refractivity contribution in [2.75, 3.05) is 5.32 Å². The van der Waals surface area contributed by atoms with Crippen LogP contribution in [0.25, 0.3) is 0 Å². The molecule has 1 aromatic heterocycles. The Kier molecular flexibility index (Phi) is 4.69. The number of carbonyl (C=O) groups is 2. The third-order valence-electron chi connectivity index (χ3n) is 3.27. The summed E-state index contributed by atoms with van der Waals surface area (Å²) in [5, 5.41) is 12.1. The lowest BCUT2D eigenvalue weighted by molar-refractivity contribution is 0.0996. The van der Waals surface area contributed by atoms with Crippen molar-refractivity contribution in [1.29, 1.82) is 0 Å². The Bertz CT molecular complexity index is 906. The zero-order chi connectivity index (χ0) is 17.1. The first-order valence-electron chi connectivity index (χ1n) is 7.05. The molecule has 0 spiro atoms. The summed E-state index contributed by atoms with van der Waals surface area (Å²) in [4.78, 5) is 25.2. The summed E-state index contributed by atoms with van der Waals surface area (Å²) in [6, 6.07) is 13.2. The molecule has 0 radical (unpaired) electrons. The van der Waals surface area contributed by atoms with E-state index in [1.165, 1.54) is 11.3 Å². The maximum absolute atomic E-state index is 12.7. The number of aromatic nitrogens is 2. The molecule has 24 heavy (non-hydrogen) atoms. The minimum atomic E-state index is -0.399. The van der Waals surface area contributed by atoms with E-state index in [0.717, 1.165) is 5.01 Å². The van der Waals surface area contributed by atoms with Crippen LogP contribution in [0.5, 0.6) is 0 Å². The normalized spacial score (nSPS) is 10.4. The zero-order valence-corrected chi connectivity index (χ0v) is 14.2. The highest BCUT2D eigenvalue weighted by Crippen LogP contribution is 2.19. The average molecular weight is 358 g/mol. The second-order valence-electron chi connectivity index (χ2n) is 4.96. The summed E-state index contributed by atoms with van der Waals surface area (Å²) in [6.07, 6.45) is 0. The SMILES string of the molecule is Cc1nnc(NC(=O)c2ccccc2C(=O)c2ccc(Cl)cc2)s1. The molecular weight excluding hydrogens is 346 g/mol. The van der Waals surface area contributed by atoms with Crippen LogP contribution < -0.4 is 5.32 Å². The van der Waals surface area contributed by atoms with Crippen LogP contribution in [0.4, 0.5) is 5.13 Å². The molecule has 3 aromatic rings. The van der Waals surface area contributed by atoms with E-state index in [4.69, 9.17) is 11.6 Å². The predicted octanol–water partition coefficient (Wildman–Crippen LogP) is 3.98. The molecule has 0 aliphatic carbocycles. The average Bonchev–Trinajstić information content (AvgIpc) is 3.00. The summed E-state index contributed by atoms with van der Waals surface area (Å²) in [7, 11) is 0. The van der Waals surface area contributed by atoms with Crippen molar-refractivity contribution in [2.45, 2.75) is 6.92 Å². The topological polar surface area (TPSA) is 72.0 Å². The first-order chi connectivity index (χ1) is 11.5. The zero-order valence-electron chi connectivity index (χ0n) is 12.6. The van der Waals surface area contributed by atoms with Gasteiger partial charge < -0.3 is 0 Å². The quantitative estimate of drug-likeness (QED) is 0.717. The summed E-state index contributed by atoms with van der Waals surface area (Å²) >= 11 is 7.12. The molecule has 0 unspecified atom stereocenters. The maximum atomic E-state index is 12.7. The molecule has 0 saturated heterocycles. The van der Waals surface area contributed by atoms with Crippen LogP contribution in [-0.2, 0) is 0 Å². The Morgan fingerprint density at radius 1 is 1.00 bits per heavy atom. The number of nitrogens with one attached hydrogen (secondary N) is 1. The van der Waals surface area contributed by atoms with E-state index in [0.29, 0.717) is 21.3 Å².